The molecule has 0 aromatic heterocycles. The molecule has 3 rings (SSSR count). The van der Waals surface area contributed by atoms with Crippen molar-refractivity contribution in [2.75, 3.05) is 0 Å². The van der Waals surface area contributed by atoms with E-state index in [0.29, 0.717) is 11.3 Å². The van der Waals surface area contributed by atoms with Crippen LogP contribution in [0.25, 0.3) is 0 Å². The molecule has 1 aromatic rings. The average molecular weight is 302 g/mol. The van der Waals surface area contributed by atoms with E-state index in [1.807, 2.05) is 0 Å². The Labute approximate surface area is 134 Å². The normalized spacial score (nSPS) is 27.1. The summed E-state index contributed by atoms with van der Waals surface area (Å²) in [6, 6.07) is 2.15. The van der Waals surface area contributed by atoms with Gasteiger partial charge in [-0.05, 0) is 60.8 Å². The smallest absolute Gasteiger partial charge is 0.161 e. The first-order valence-electron chi connectivity index (χ1n) is 8.88. The molecule has 2 aliphatic carbocycles. The van der Waals surface area contributed by atoms with E-state index < -0.39 is 0 Å². The fourth-order valence-corrected chi connectivity index (χ4v) is 4.95. The van der Waals surface area contributed by atoms with Crippen LogP contribution in [0.2, 0.25) is 0 Å². The summed E-state index contributed by atoms with van der Waals surface area (Å²) in [7, 11) is 0. The summed E-state index contributed by atoms with van der Waals surface area (Å²) < 4.78 is 0. The zero-order valence-corrected chi connectivity index (χ0v) is 14.4. The van der Waals surface area contributed by atoms with Crippen molar-refractivity contribution in [1.82, 2.24) is 0 Å². The first-order chi connectivity index (χ1) is 10.3. The largest absolute Gasteiger partial charge is 0.504 e. The first-order valence-corrected chi connectivity index (χ1v) is 8.88. The predicted molar refractivity (Wildman–Crippen MR) is 90.5 cm³/mol. The molecule has 2 heteroatoms. The quantitative estimate of drug-likeness (QED) is 0.704. The van der Waals surface area contributed by atoms with Crippen molar-refractivity contribution in [3.63, 3.8) is 0 Å². The Morgan fingerprint density at radius 2 is 1.86 bits per heavy atom. The topological polar surface area (TPSA) is 40.5 Å². The van der Waals surface area contributed by atoms with Gasteiger partial charge in [0.25, 0.3) is 0 Å². The molecular weight excluding hydrogens is 272 g/mol. The third-order valence-corrected chi connectivity index (χ3v) is 6.28. The van der Waals surface area contributed by atoms with Crippen LogP contribution in [0.4, 0.5) is 0 Å². The van der Waals surface area contributed by atoms with Crippen molar-refractivity contribution >= 4 is 0 Å². The standard InChI is InChI=1S/C20H30O2/c1-12(2)15-10-13-7-8-17-14(6-5-9-20(17,3)4)11-16(13)19(22)18(15)21/h10,12,14,17,21-22H,5-9,11H2,1-4H3. The number of rotatable bonds is 1. The highest BCUT2D eigenvalue weighted by Gasteiger charge is 2.40. The lowest BCUT2D eigenvalue weighted by Gasteiger charge is -2.43. The molecule has 0 radical (unpaired) electrons. The zero-order chi connectivity index (χ0) is 16.1. The fourth-order valence-electron chi connectivity index (χ4n) is 4.95. The van der Waals surface area contributed by atoms with Crippen molar-refractivity contribution in [2.24, 2.45) is 17.3 Å². The van der Waals surface area contributed by atoms with E-state index in [4.69, 9.17) is 0 Å². The second-order valence-corrected chi connectivity index (χ2v) is 8.45. The Kier molecular flexibility index (Phi) is 3.91. The summed E-state index contributed by atoms with van der Waals surface area (Å²) in [4.78, 5) is 0. The highest BCUT2D eigenvalue weighted by Crippen LogP contribution is 2.51. The van der Waals surface area contributed by atoms with Crippen LogP contribution in [0.3, 0.4) is 0 Å². The summed E-state index contributed by atoms with van der Waals surface area (Å²) >= 11 is 0. The van der Waals surface area contributed by atoms with Gasteiger partial charge >= 0.3 is 0 Å². The second-order valence-electron chi connectivity index (χ2n) is 8.45. The molecule has 22 heavy (non-hydrogen) atoms. The van der Waals surface area contributed by atoms with Crippen LogP contribution in [0, 0.1) is 17.3 Å². The van der Waals surface area contributed by atoms with Crippen LogP contribution in [0.15, 0.2) is 6.07 Å². The number of hydrogen-bond donors (Lipinski definition) is 2. The summed E-state index contributed by atoms with van der Waals surface area (Å²) in [5.41, 5.74) is 3.58. The van der Waals surface area contributed by atoms with Gasteiger partial charge in [0.05, 0.1) is 0 Å². The number of phenolic OH excluding ortho intramolecular Hbond substituents is 2. The minimum atomic E-state index is 0.113. The van der Waals surface area contributed by atoms with Gasteiger partial charge in [0.15, 0.2) is 11.5 Å². The number of phenols is 2. The van der Waals surface area contributed by atoms with E-state index in [1.165, 1.54) is 31.2 Å². The summed E-state index contributed by atoms with van der Waals surface area (Å²) in [6.07, 6.45) is 7.06. The molecule has 0 aliphatic heterocycles. The molecule has 2 atom stereocenters. The van der Waals surface area contributed by atoms with E-state index in [0.717, 1.165) is 29.9 Å². The van der Waals surface area contributed by atoms with Crippen molar-refractivity contribution in [1.29, 1.82) is 0 Å². The van der Waals surface area contributed by atoms with E-state index in [2.05, 4.69) is 33.8 Å². The van der Waals surface area contributed by atoms with Gasteiger partial charge in [-0.2, -0.15) is 0 Å². The van der Waals surface area contributed by atoms with Gasteiger partial charge in [0.1, 0.15) is 0 Å². The lowest BCUT2D eigenvalue weighted by molar-refractivity contribution is 0.0703. The van der Waals surface area contributed by atoms with Crippen LogP contribution >= 0.6 is 0 Å². The van der Waals surface area contributed by atoms with Crippen molar-refractivity contribution < 1.29 is 10.2 Å². The molecular formula is C20H30O2. The summed E-state index contributed by atoms with van der Waals surface area (Å²) in [5, 5.41) is 20.9. The predicted octanol–water partition coefficient (Wildman–Crippen LogP) is 5.15. The number of aromatic hydroxyl groups is 2. The van der Waals surface area contributed by atoms with E-state index in [-0.39, 0.29) is 17.4 Å². The molecule has 0 spiro atoms. The highest BCUT2D eigenvalue weighted by atomic mass is 16.3. The average Bonchev–Trinajstić information content (AvgIpc) is 2.62. The summed E-state index contributed by atoms with van der Waals surface area (Å²) in [6.45, 7) is 8.97. The third kappa shape index (κ3) is 2.51. The van der Waals surface area contributed by atoms with Gasteiger partial charge in [-0.15, -0.1) is 0 Å². The second kappa shape index (κ2) is 5.47. The molecule has 2 nitrogen and oxygen atoms in total. The fraction of sp³-hybridized carbons (Fsp3) is 0.700. The lowest BCUT2D eigenvalue weighted by Crippen LogP contribution is -2.35. The van der Waals surface area contributed by atoms with Gasteiger partial charge in [-0.1, -0.05) is 40.2 Å². The maximum Gasteiger partial charge on any atom is 0.161 e. The molecule has 0 heterocycles. The van der Waals surface area contributed by atoms with E-state index >= 15 is 0 Å². The molecule has 1 fully saturated rings. The Morgan fingerprint density at radius 1 is 1.14 bits per heavy atom. The minimum Gasteiger partial charge on any atom is -0.504 e. The van der Waals surface area contributed by atoms with Crippen LogP contribution in [0.1, 0.15) is 76.0 Å². The minimum absolute atomic E-state index is 0.113. The SMILES string of the molecule is CC(C)c1cc2c(c(O)c1O)CC1CCCC(C)(C)C1CC2. The molecule has 2 aliphatic rings. The van der Waals surface area contributed by atoms with E-state index in [9.17, 15) is 10.2 Å². The van der Waals surface area contributed by atoms with Crippen LogP contribution < -0.4 is 0 Å². The molecule has 122 valence electrons. The highest BCUT2D eigenvalue weighted by molar-refractivity contribution is 5.55. The number of benzene rings is 1. The lowest BCUT2D eigenvalue weighted by atomic mass is 9.62. The van der Waals surface area contributed by atoms with Gasteiger partial charge in [0.2, 0.25) is 0 Å². The van der Waals surface area contributed by atoms with Crippen LogP contribution in [-0.2, 0) is 12.8 Å². The van der Waals surface area contributed by atoms with Crippen molar-refractivity contribution in [3.05, 3.63) is 22.8 Å². The van der Waals surface area contributed by atoms with Gasteiger partial charge in [-0.25, -0.2) is 0 Å². The molecule has 1 saturated carbocycles. The number of hydrogen-bond acceptors (Lipinski definition) is 2. The molecule has 0 saturated heterocycles. The zero-order valence-electron chi connectivity index (χ0n) is 14.4. The van der Waals surface area contributed by atoms with Crippen molar-refractivity contribution in [2.45, 2.75) is 72.1 Å². The van der Waals surface area contributed by atoms with Crippen LogP contribution in [0.5, 0.6) is 11.5 Å². The Balaban J connectivity index is 2.02. The first kappa shape index (κ1) is 15.7. The maximum absolute atomic E-state index is 10.6. The van der Waals surface area contributed by atoms with Gasteiger partial charge < -0.3 is 10.2 Å². The van der Waals surface area contributed by atoms with Gasteiger partial charge in [-0.3, -0.25) is 0 Å². The Hall–Kier alpha value is -1.18. The molecule has 1 aromatic carbocycles. The summed E-state index contributed by atoms with van der Waals surface area (Å²) in [5.74, 6) is 1.89. The monoisotopic (exact) mass is 302 g/mol. The number of fused-ring (bicyclic) bond motifs is 2. The van der Waals surface area contributed by atoms with Crippen molar-refractivity contribution in [3.8, 4) is 11.5 Å². The Bertz CT molecular complexity index is 572. The third-order valence-electron chi connectivity index (χ3n) is 6.28. The molecule has 2 unspecified atom stereocenters. The van der Waals surface area contributed by atoms with Gasteiger partial charge in [0, 0.05) is 11.1 Å². The number of aryl methyl sites for hydroxylation is 1. The molecule has 0 bridgehead atoms. The van der Waals surface area contributed by atoms with Crippen LogP contribution in [-0.4, -0.2) is 10.2 Å². The van der Waals surface area contributed by atoms with E-state index in [1.54, 1.807) is 0 Å². The molecule has 2 N–H and O–H groups in total. The Morgan fingerprint density at radius 3 is 2.55 bits per heavy atom. The molecule has 0 amide bonds. The maximum atomic E-state index is 10.6.